The first-order valence-corrected chi connectivity index (χ1v) is 10.6. The Bertz CT molecular complexity index is 666. The van der Waals surface area contributed by atoms with Gasteiger partial charge in [0.1, 0.15) is 12.3 Å². The monoisotopic (exact) mass is 408 g/mol. The molecule has 0 radical (unpaired) electrons. The molecule has 8 nitrogen and oxygen atoms in total. The maximum Gasteiger partial charge on any atom is 0.330 e. The first kappa shape index (κ1) is 21.8. The molecule has 0 aromatic carbocycles. The molecular formula is C21H32N2O6. The smallest absolute Gasteiger partial charge is 0.330 e. The van der Waals surface area contributed by atoms with Gasteiger partial charge in [-0.1, -0.05) is 12.2 Å². The first-order valence-electron chi connectivity index (χ1n) is 10.6. The molecule has 162 valence electrons. The van der Waals surface area contributed by atoms with E-state index < -0.39 is 23.3 Å². The van der Waals surface area contributed by atoms with Crippen molar-refractivity contribution in [2.75, 3.05) is 27.0 Å². The Morgan fingerprint density at radius 3 is 2.79 bits per heavy atom. The van der Waals surface area contributed by atoms with Crippen molar-refractivity contribution in [3.8, 4) is 0 Å². The molecule has 2 N–H and O–H groups in total. The number of carbonyl (C=O) groups is 3. The van der Waals surface area contributed by atoms with E-state index in [1.165, 1.54) is 0 Å². The fourth-order valence-corrected chi connectivity index (χ4v) is 4.46. The summed E-state index contributed by atoms with van der Waals surface area (Å²) < 4.78 is 11.0. The molecular weight excluding hydrogens is 376 g/mol. The molecule has 2 saturated carbocycles. The molecule has 0 bridgehead atoms. The lowest BCUT2D eigenvalue weighted by atomic mass is 9.93. The van der Waals surface area contributed by atoms with Gasteiger partial charge in [-0.15, -0.1) is 0 Å². The number of nitrogens with one attached hydrogen (secondary N) is 1. The van der Waals surface area contributed by atoms with Gasteiger partial charge in [0.2, 0.25) is 11.8 Å². The van der Waals surface area contributed by atoms with Gasteiger partial charge in [-0.3, -0.25) is 9.59 Å². The van der Waals surface area contributed by atoms with E-state index in [9.17, 15) is 19.5 Å². The second-order valence-electron chi connectivity index (χ2n) is 8.34. The van der Waals surface area contributed by atoms with Crippen molar-refractivity contribution in [3.05, 3.63) is 12.2 Å². The highest BCUT2D eigenvalue weighted by Gasteiger charge is 2.61. The van der Waals surface area contributed by atoms with Crippen LogP contribution in [-0.2, 0) is 23.9 Å². The number of ether oxygens (including phenoxy) is 2. The highest BCUT2D eigenvalue weighted by atomic mass is 16.7. The van der Waals surface area contributed by atoms with Gasteiger partial charge in [0, 0.05) is 26.1 Å². The van der Waals surface area contributed by atoms with Gasteiger partial charge in [-0.05, 0) is 45.4 Å². The minimum Gasteiger partial charge on any atom is -0.479 e. The number of aliphatic carboxylic acids is 1. The molecule has 1 heterocycles. The summed E-state index contributed by atoms with van der Waals surface area (Å²) in [6.07, 6.45) is 7.50. The lowest BCUT2D eigenvalue weighted by Crippen LogP contribution is -2.49. The largest absolute Gasteiger partial charge is 0.479 e. The number of fused-ring (bicyclic) bond motifs is 2. The van der Waals surface area contributed by atoms with Crippen LogP contribution in [-0.4, -0.2) is 66.4 Å². The zero-order chi connectivity index (χ0) is 21.0. The van der Waals surface area contributed by atoms with Gasteiger partial charge in [0.05, 0.1) is 17.9 Å². The van der Waals surface area contributed by atoms with Crippen molar-refractivity contribution >= 4 is 17.8 Å². The summed E-state index contributed by atoms with van der Waals surface area (Å²) in [5, 5.41) is 12.5. The lowest BCUT2D eigenvalue weighted by Gasteiger charge is -2.26. The second kappa shape index (κ2) is 9.26. The van der Waals surface area contributed by atoms with Gasteiger partial charge in [0.15, 0.2) is 0 Å². The molecule has 3 rings (SSSR count). The lowest BCUT2D eigenvalue weighted by molar-refractivity contribution is -0.145. The van der Waals surface area contributed by atoms with E-state index in [1.807, 2.05) is 19.1 Å². The van der Waals surface area contributed by atoms with Crippen LogP contribution < -0.4 is 5.32 Å². The summed E-state index contributed by atoms with van der Waals surface area (Å²) in [4.78, 5) is 39.7. The second-order valence-corrected chi connectivity index (χ2v) is 8.34. The molecule has 0 spiro atoms. The van der Waals surface area contributed by atoms with Crippen LogP contribution in [0.5, 0.6) is 0 Å². The van der Waals surface area contributed by atoms with Crippen LogP contribution in [0.25, 0.3) is 0 Å². The summed E-state index contributed by atoms with van der Waals surface area (Å²) in [5.41, 5.74) is -1.25. The van der Waals surface area contributed by atoms with Crippen LogP contribution in [0.3, 0.4) is 0 Å². The van der Waals surface area contributed by atoms with Crippen LogP contribution in [0, 0.1) is 17.8 Å². The number of hydrogen-bond acceptors (Lipinski definition) is 5. The van der Waals surface area contributed by atoms with E-state index >= 15 is 0 Å². The van der Waals surface area contributed by atoms with Gasteiger partial charge >= 0.3 is 5.97 Å². The fraction of sp³-hybridized carbons (Fsp3) is 0.762. The zero-order valence-corrected chi connectivity index (χ0v) is 17.3. The maximum atomic E-state index is 13.1. The number of carboxylic acid groups (broad SMARTS) is 1. The Kier molecular flexibility index (Phi) is 6.95. The summed E-state index contributed by atoms with van der Waals surface area (Å²) in [5.74, 6) is -2.76. The third-order valence-corrected chi connectivity index (χ3v) is 6.37. The summed E-state index contributed by atoms with van der Waals surface area (Å²) in [7, 11) is 1.77. The number of rotatable bonds is 5. The molecule has 1 aliphatic heterocycles. The molecule has 0 aromatic heterocycles. The third-order valence-electron chi connectivity index (χ3n) is 6.37. The predicted molar refractivity (Wildman–Crippen MR) is 105 cm³/mol. The topological polar surface area (TPSA) is 105 Å². The van der Waals surface area contributed by atoms with Crippen molar-refractivity contribution in [2.45, 2.75) is 57.1 Å². The average molecular weight is 408 g/mol. The molecule has 0 saturated heterocycles. The van der Waals surface area contributed by atoms with E-state index in [-0.39, 0.29) is 30.6 Å². The van der Waals surface area contributed by atoms with Crippen molar-refractivity contribution in [3.63, 3.8) is 0 Å². The van der Waals surface area contributed by atoms with E-state index in [0.29, 0.717) is 32.4 Å². The zero-order valence-electron chi connectivity index (χ0n) is 17.3. The van der Waals surface area contributed by atoms with Crippen LogP contribution in [0.15, 0.2) is 12.2 Å². The molecule has 2 unspecified atom stereocenters. The molecule has 8 heteroatoms. The number of carbonyl (C=O) groups excluding carboxylic acids is 2. The average Bonchev–Trinajstić information content (AvgIpc) is 3.21. The van der Waals surface area contributed by atoms with Crippen LogP contribution in [0.1, 0.15) is 45.4 Å². The Labute approximate surface area is 171 Å². The summed E-state index contributed by atoms with van der Waals surface area (Å²) >= 11 is 0. The van der Waals surface area contributed by atoms with Gasteiger partial charge in [-0.25, -0.2) is 4.79 Å². The Balaban J connectivity index is 1.79. The standard InChI is InChI=1S/C21H32N2O6/c1-3-28-13-29-15-10-16-17(11-15)19(25)23(2)9-7-5-4-6-8-14-12-21(14,20(26)27)22-18(16)24/h6,8,14-17H,3-5,7,9-13H2,1-2H3,(H,22,24)(H,26,27)/b8-6-/t14-,15-,16-,17?,21?/m1/s1. The highest BCUT2D eigenvalue weighted by Crippen LogP contribution is 2.46. The van der Waals surface area contributed by atoms with Crippen LogP contribution in [0.2, 0.25) is 0 Å². The normalized spacial score (nSPS) is 36.6. The minimum atomic E-state index is -1.25. The van der Waals surface area contributed by atoms with Crippen LogP contribution in [0.4, 0.5) is 0 Å². The first-order chi connectivity index (χ1) is 13.9. The third kappa shape index (κ3) is 4.80. The van der Waals surface area contributed by atoms with Gasteiger partial charge in [-0.2, -0.15) is 0 Å². The molecule has 2 amide bonds. The molecule has 5 atom stereocenters. The summed E-state index contributed by atoms with van der Waals surface area (Å²) in [6, 6.07) is 0. The van der Waals surface area contributed by atoms with E-state index in [4.69, 9.17) is 9.47 Å². The Morgan fingerprint density at radius 1 is 1.31 bits per heavy atom. The molecule has 29 heavy (non-hydrogen) atoms. The number of hydrogen-bond donors (Lipinski definition) is 2. The Hall–Kier alpha value is -1.93. The van der Waals surface area contributed by atoms with Crippen molar-refractivity contribution in [1.82, 2.24) is 10.2 Å². The van der Waals surface area contributed by atoms with Crippen molar-refractivity contribution < 1.29 is 29.0 Å². The molecule has 0 aromatic rings. The van der Waals surface area contributed by atoms with Crippen molar-refractivity contribution in [2.24, 2.45) is 17.8 Å². The molecule has 2 aliphatic carbocycles. The van der Waals surface area contributed by atoms with E-state index in [2.05, 4.69) is 5.32 Å². The maximum absolute atomic E-state index is 13.1. The highest BCUT2D eigenvalue weighted by molar-refractivity contribution is 5.94. The van der Waals surface area contributed by atoms with Crippen LogP contribution >= 0.6 is 0 Å². The SMILES string of the molecule is CCOCO[C@H]1CC2C(=O)N(C)CCCC/C=C\[C@@H]3CC3(C(=O)O)NC(=O)[C@@H]2C1. The number of amides is 2. The quantitative estimate of drug-likeness (QED) is 0.406. The predicted octanol–water partition coefficient (Wildman–Crippen LogP) is 1.55. The number of allylic oxidation sites excluding steroid dienone is 1. The van der Waals surface area contributed by atoms with Crippen molar-refractivity contribution in [1.29, 1.82) is 0 Å². The minimum absolute atomic E-state index is 0.0722. The number of carboxylic acids is 1. The van der Waals surface area contributed by atoms with E-state index in [1.54, 1.807) is 11.9 Å². The van der Waals surface area contributed by atoms with Gasteiger partial charge in [0.25, 0.3) is 0 Å². The molecule has 2 fully saturated rings. The van der Waals surface area contributed by atoms with Gasteiger partial charge < -0.3 is 24.8 Å². The summed E-state index contributed by atoms with van der Waals surface area (Å²) in [6.45, 7) is 3.16. The fourth-order valence-electron chi connectivity index (χ4n) is 4.46. The molecule has 3 aliphatic rings. The Morgan fingerprint density at radius 2 is 2.07 bits per heavy atom. The van der Waals surface area contributed by atoms with E-state index in [0.717, 1.165) is 19.3 Å². The number of nitrogens with zero attached hydrogens (tertiary/aromatic N) is 1.